The number of rotatable bonds is 4. The monoisotopic (exact) mass is 126 g/mol. The van der Waals surface area contributed by atoms with Crippen molar-refractivity contribution < 1.29 is 9.90 Å². The highest BCUT2D eigenvalue weighted by Gasteiger charge is 1.86. The highest BCUT2D eigenvalue weighted by molar-refractivity contribution is 5.68. The van der Waals surface area contributed by atoms with Gasteiger partial charge in [-0.15, -0.1) is 6.58 Å². The molecule has 0 amide bonds. The summed E-state index contributed by atoms with van der Waals surface area (Å²) in [6.07, 6.45) is 5.96. The second-order valence-electron chi connectivity index (χ2n) is 1.59. The van der Waals surface area contributed by atoms with Crippen LogP contribution in [-0.4, -0.2) is 11.1 Å². The minimum absolute atomic E-state index is 0.105. The van der Waals surface area contributed by atoms with E-state index in [0.717, 1.165) is 6.42 Å². The highest BCUT2D eigenvalue weighted by atomic mass is 16.4. The molecule has 0 aliphatic carbocycles. The number of hydrogen-bond donors (Lipinski definition) is 1. The summed E-state index contributed by atoms with van der Waals surface area (Å²) in [6, 6.07) is 0. The lowest BCUT2D eigenvalue weighted by atomic mass is 10.3. The van der Waals surface area contributed by atoms with Gasteiger partial charge in [0, 0.05) is 0 Å². The first kappa shape index (κ1) is 7.95. The van der Waals surface area contributed by atoms with Crippen LogP contribution in [-0.2, 0) is 4.79 Å². The Bertz CT molecular complexity index is 125. The van der Waals surface area contributed by atoms with Crippen molar-refractivity contribution >= 4 is 5.97 Å². The molecule has 1 N–H and O–H groups in total. The summed E-state index contributed by atoms with van der Waals surface area (Å²) in [7, 11) is 0. The van der Waals surface area contributed by atoms with E-state index in [1.807, 2.05) is 0 Å². The standard InChI is InChI=1S/C7H10O2/c1-2-3-4-5-6-7(8)9/h2,4-5H,1,3,6H2,(H,8,9)/b5-4-. The second-order valence-corrected chi connectivity index (χ2v) is 1.59. The number of carboxylic acid groups (broad SMARTS) is 1. The Balaban J connectivity index is 3.24. The zero-order chi connectivity index (χ0) is 7.11. The summed E-state index contributed by atoms with van der Waals surface area (Å²) in [5.74, 6) is -0.796. The van der Waals surface area contributed by atoms with Crippen molar-refractivity contribution in [2.75, 3.05) is 0 Å². The van der Waals surface area contributed by atoms with E-state index in [1.54, 1.807) is 18.2 Å². The molecule has 0 spiro atoms. The van der Waals surface area contributed by atoms with E-state index in [-0.39, 0.29) is 6.42 Å². The molecule has 2 heteroatoms. The average Bonchev–Trinajstić information content (AvgIpc) is 1.80. The van der Waals surface area contributed by atoms with E-state index in [1.165, 1.54) is 0 Å². The molecule has 0 radical (unpaired) electrons. The van der Waals surface area contributed by atoms with E-state index in [9.17, 15) is 4.79 Å². The van der Waals surface area contributed by atoms with Gasteiger partial charge >= 0.3 is 5.97 Å². The molecule has 0 heterocycles. The van der Waals surface area contributed by atoms with Crippen molar-refractivity contribution in [1.82, 2.24) is 0 Å². The molecular formula is C7H10O2. The van der Waals surface area contributed by atoms with Crippen LogP contribution in [0.15, 0.2) is 24.8 Å². The smallest absolute Gasteiger partial charge is 0.307 e. The molecule has 50 valence electrons. The lowest BCUT2D eigenvalue weighted by molar-refractivity contribution is -0.136. The fourth-order valence-electron chi connectivity index (χ4n) is 0.377. The van der Waals surface area contributed by atoms with Crippen molar-refractivity contribution in [3.8, 4) is 0 Å². The van der Waals surface area contributed by atoms with E-state index in [4.69, 9.17) is 5.11 Å². The summed E-state index contributed by atoms with van der Waals surface area (Å²) in [4.78, 5) is 9.89. The topological polar surface area (TPSA) is 37.3 Å². The van der Waals surface area contributed by atoms with Crippen LogP contribution in [0.4, 0.5) is 0 Å². The van der Waals surface area contributed by atoms with Crippen molar-refractivity contribution in [2.24, 2.45) is 0 Å². The molecular weight excluding hydrogens is 116 g/mol. The SMILES string of the molecule is C=CC/C=C\CC(=O)O. The maximum Gasteiger partial charge on any atom is 0.307 e. The van der Waals surface area contributed by atoms with Gasteiger partial charge in [-0.3, -0.25) is 4.79 Å². The lowest BCUT2D eigenvalue weighted by Crippen LogP contribution is -1.89. The molecule has 0 saturated heterocycles. The summed E-state index contributed by atoms with van der Waals surface area (Å²) >= 11 is 0. The molecule has 0 aromatic carbocycles. The third-order valence-electron chi connectivity index (χ3n) is 0.762. The number of carbonyl (C=O) groups is 1. The minimum Gasteiger partial charge on any atom is -0.481 e. The Morgan fingerprint density at radius 3 is 2.67 bits per heavy atom. The van der Waals surface area contributed by atoms with Gasteiger partial charge in [-0.2, -0.15) is 0 Å². The average molecular weight is 126 g/mol. The van der Waals surface area contributed by atoms with Gasteiger partial charge < -0.3 is 5.11 Å². The van der Waals surface area contributed by atoms with Crippen molar-refractivity contribution in [3.63, 3.8) is 0 Å². The van der Waals surface area contributed by atoms with Crippen LogP contribution in [0.2, 0.25) is 0 Å². The summed E-state index contributed by atoms with van der Waals surface area (Å²) in [5, 5.41) is 8.14. The van der Waals surface area contributed by atoms with Gasteiger partial charge in [0.15, 0.2) is 0 Å². The van der Waals surface area contributed by atoms with Gasteiger partial charge in [0.25, 0.3) is 0 Å². The molecule has 0 atom stereocenters. The Kier molecular flexibility index (Phi) is 4.50. The number of allylic oxidation sites excluding steroid dienone is 2. The maximum absolute atomic E-state index is 9.89. The predicted molar refractivity (Wildman–Crippen MR) is 36.2 cm³/mol. The Morgan fingerprint density at radius 1 is 1.56 bits per heavy atom. The van der Waals surface area contributed by atoms with Crippen LogP contribution >= 0.6 is 0 Å². The fraction of sp³-hybridized carbons (Fsp3) is 0.286. The molecule has 0 aliphatic heterocycles. The summed E-state index contributed by atoms with van der Waals surface area (Å²) < 4.78 is 0. The molecule has 0 aromatic rings. The fourth-order valence-corrected chi connectivity index (χ4v) is 0.377. The van der Waals surface area contributed by atoms with Crippen molar-refractivity contribution in [2.45, 2.75) is 12.8 Å². The third kappa shape index (κ3) is 6.95. The van der Waals surface area contributed by atoms with E-state index in [2.05, 4.69) is 6.58 Å². The van der Waals surface area contributed by atoms with Crippen LogP contribution in [0.25, 0.3) is 0 Å². The summed E-state index contributed by atoms with van der Waals surface area (Å²) in [5.41, 5.74) is 0. The largest absolute Gasteiger partial charge is 0.481 e. The van der Waals surface area contributed by atoms with Gasteiger partial charge in [0.1, 0.15) is 0 Å². The second kappa shape index (κ2) is 5.09. The van der Waals surface area contributed by atoms with Gasteiger partial charge in [-0.25, -0.2) is 0 Å². The van der Waals surface area contributed by atoms with Crippen LogP contribution in [0.3, 0.4) is 0 Å². The molecule has 0 bridgehead atoms. The quantitative estimate of drug-likeness (QED) is 0.581. The van der Waals surface area contributed by atoms with Crippen LogP contribution in [0, 0.1) is 0 Å². The van der Waals surface area contributed by atoms with E-state index in [0.29, 0.717) is 0 Å². The van der Waals surface area contributed by atoms with Gasteiger partial charge in [0.05, 0.1) is 6.42 Å². The third-order valence-corrected chi connectivity index (χ3v) is 0.762. The molecule has 0 aliphatic rings. The molecule has 0 fully saturated rings. The Hall–Kier alpha value is -1.05. The normalized spacial score (nSPS) is 9.78. The Labute approximate surface area is 54.5 Å². The van der Waals surface area contributed by atoms with Gasteiger partial charge in [-0.1, -0.05) is 18.2 Å². The molecule has 0 rings (SSSR count). The first-order chi connectivity index (χ1) is 4.27. The van der Waals surface area contributed by atoms with E-state index >= 15 is 0 Å². The van der Waals surface area contributed by atoms with Crippen LogP contribution < -0.4 is 0 Å². The molecule has 9 heavy (non-hydrogen) atoms. The number of carboxylic acids is 1. The predicted octanol–water partition coefficient (Wildman–Crippen LogP) is 1.59. The van der Waals surface area contributed by atoms with Crippen LogP contribution in [0.1, 0.15) is 12.8 Å². The van der Waals surface area contributed by atoms with Crippen molar-refractivity contribution in [3.05, 3.63) is 24.8 Å². The molecule has 0 unspecified atom stereocenters. The zero-order valence-corrected chi connectivity index (χ0v) is 5.21. The summed E-state index contributed by atoms with van der Waals surface area (Å²) in [6.45, 7) is 3.48. The molecule has 0 aromatic heterocycles. The number of hydrogen-bond acceptors (Lipinski definition) is 1. The first-order valence-corrected chi connectivity index (χ1v) is 2.75. The lowest BCUT2D eigenvalue weighted by Gasteiger charge is -1.81. The first-order valence-electron chi connectivity index (χ1n) is 2.75. The van der Waals surface area contributed by atoms with Crippen LogP contribution in [0.5, 0.6) is 0 Å². The Morgan fingerprint density at radius 2 is 2.22 bits per heavy atom. The van der Waals surface area contributed by atoms with Gasteiger partial charge in [0.2, 0.25) is 0 Å². The highest BCUT2D eigenvalue weighted by Crippen LogP contribution is 1.86. The number of aliphatic carboxylic acids is 1. The van der Waals surface area contributed by atoms with Crippen molar-refractivity contribution in [1.29, 1.82) is 0 Å². The zero-order valence-electron chi connectivity index (χ0n) is 5.21. The maximum atomic E-state index is 9.89. The van der Waals surface area contributed by atoms with E-state index < -0.39 is 5.97 Å². The van der Waals surface area contributed by atoms with Gasteiger partial charge in [-0.05, 0) is 6.42 Å². The molecule has 0 saturated carbocycles. The minimum atomic E-state index is -0.796. The molecule has 2 nitrogen and oxygen atoms in total.